The van der Waals surface area contributed by atoms with Gasteiger partial charge in [0.25, 0.3) is 5.92 Å². The summed E-state index contributed by atoms with van der Waals surface area (Å²) < 4.78 is 68.1. The largest absolute Gasteiger partial charge is 0.490 e. The van der Waals surface area contributed by atoms with Crippen LogP contribution in [0.1, 0.15) is 44.6 Å². The number of sulfonamides is 1. The summed E-state index contributed by atoms with van der Waals surface area (Å²) in [7, 11) is -4.54. The van der Waals surface area contributed by atoms with E-state index < -0.39 is 33.5 Å². The van der Waals surface area contributed by atoms with Crippen LogP contribution in [0.25, 0.3) is 21.9 Å². The first kappa shape index (κ1) is 31.5. The molecule has 6 rings (SSSR count). The Bertz CT molecular complexity index is 1790. The Morgan fingerprint density at radius 3 is 2.18 bits per heavy atom. The summed E-state index contributed by atoms with van der Waals surface area (Å²) in [5.74, 6) is -3.97. The van der Waals surface area contributed by atoms with Crippen LogP contribution in [0.2, 0.25) is 5.02 Å². The Hall–Kier alpha value is -3.53. The van der Waals surface area contributed by atoms with Gasteiger partial charge in [0, 0.05) is 23.7 Å². The summed E-state index contributed by atoms with van der Waals surface area (Å²) in [4.78, 5) is 14.7. The summed E-state index contributed by atoms with van der Waals surface area (Å²) in [6.45, 7) is 2.49. The minimum absolute atomic E-state index is 0.126. The SMILES string of the molecule is C[C@H]1CCN(C(=O)C(NS(=O)(=O)c2ccc3cc(OC4CCCC4)ccc3c2)C(F)(F)c2ccc(-c3ccc(Cl)cc3)cc2)C1. The third-order valence-corrected chi connectivity index (χ3v) is 10.4. The molecule has 0 aromatic heterocycles. The molecule has 0 bridgehead atoms. The number of ether oxygens (including phenoxy) is 1. The van der Waals surface area contributed by atoms with Gasteiger partial charge in [-0.05, 0) is 96.3 Å². The van der Waals surface area contributed by atoms with E-state index >= 15 is 8.78 Å². The zero-order chi connectivity index (χ0) is 31.8. The van der Waals surface area contributed by atoms with E-state index in [0.29, 0.717) is 28.1 Å². The highest BCUT2D eigenvalue weighted by Crippen LogP contribution is 2.36. The number of nitrogens with one attached hydrogen (secondary N) is 1. The van der Waals surface area contributed by atoms with Crippen molar-refractivity contribution < 1.29 is 26.7 Å². The highest BCUT2D eigenvalue weighted by Gasteiger charge is 2.50. The average molecular weight is 653 g/mol. The molecule has 1 N–H and O–H groups in total. The number of amides is 1. The fourth-order valence-electron chi connectivity index (χ4n) is 6.16. The van der Waals surface area contributed by atoms with Crippen molar-refractivity contribution in [2.24, 2.45) is 5.92 Å². The zero-order valence-electron chi connectivity index (χ0n) is 24.9. The molecule has 1 unspecified atom stereocenters. The minimum Gasteiger partial charge on any atom is -0.490 e. The highest BCUT2D eigenvalue weighted by atomic mass is 35.5. The van der Waals surface area contributed by atoms with Crippen molar-refractivity contribution in [2.75, 3.05) is 13.1 Å². The zero-order valence-corrected chi connectivity index (χ0v) is 26.5. The molecule has 10 heteroatoms. The fraction of sp³-hybridized carbons (Fsp3) is 0.343. The molecule has 1 saturated carbocycles. The summed E-state index contributed by atoms with van der Waals surface area (Å²) in [5, 5.41) is 1.92. The number of fused-ring (bicyclic) bond motifs is 1. The Labute approximate surface area is 267 Å². The van der Waals surface area contributed by atoms with Crippen molar-refractivity contribution in [1.82, 2.24) is 9.62 Å². The van der Waals surface area contributed by atoms with E-state index in [0.717, 1.165) is 36.6 Å². The van der Waals surface area contributed by atoms with Crippen LogP contribution in [0.4, 0.5) is 8.78 Å². The van der Waals surface area contributed by atoms with Crippen LogP contribution in [-0.4, -0.2) is 44.5 Å². The first-order valence-corrected chi connectivity index (χ1v) is 17.1. The quantitative estimate of drug-likeness (QED) is 0.200. The predicted octanol–water partition coefficient (Wildman–Crippen LogP) is 7.79. The molecule has 2 fully saturated rings. The molecular weight excluding hydrogens is 618 g/mol. The number of halogens is 3. The maximum atomic E-state index is 16.3. The second-order valence-corrected chi connectivity index (χ2v) is 14.3. The van der Waals surface area contributed by atoms with Gasteiger partial charge in [0.2, 0.25) is 15.9 Å². The molecule has 1 amide bonds. The van der Waals surface area contributed by atoms with E-state index in [-0.39, 0.29) is 30.0 Å². The molecule has 1 heterocycles. The van der Waals surface area contributed by atoms with Crippen molar-refractivity contribution in [3.05, 3.63) is 95.5 Å². The molecule has 0 radical (unpaired) electrons. The van der Waals surface area contributed by atoms with Crippen LogP contribution in [0.5, 0.6) is 5.75 Å². The summed E-state index contributed by atoms with van der Waals surface area (Å²) in [6.07, 6.45) is 5.13. The fourth-order valence-corrected chi connectivity index (χ4v) is 7.51. The summed E-state index contributed by atoms with van der Waals surface area (Å²) >= 11 is 5.98. The molecule has 0 spiro atoms. The molecule has 2 aliphatic rings. The monoisotopic (exact) mass is 652 g/mol. The number of rotatable bonds is 9. The Morgan fingerprint density at radius 1 is 0.911 bits per heavy atom. The topological polar surface area (TPSA) is 75.7 Å². The average Bonchev–Trinajstić information content (AvgIpc) is 3.71. The number of alkyl halides is 2. The minimum atomic E-state index is -4.54. The number of likely N-dealkylation sites (tertiary alicyclic amines) is 1. The number of carbonyl (C=O) groups excluding carboxylic acids is 1. The highest BCUT2D eigenvalue weighted by molar-refractivity contribution is 7.89. The normalized spacial score (nSPS) is 18.4. The van der Waals surface area contributed by atoms with Gasteiger partial charge in [0.05, 0.1) is 11.0 Å². The number of benzene rings is 4. The van der Waals surface area contributed by atoms with Crippen LogP contribution in [0.3, 0.4) is 0 Å². The van der Waals surface area contributed by atoms with Crippen LogP contribution < -0.4 is 9.46 Å². The second-order valence-electron chi connectivity index (χ2n) is 12.1. The van der Waals surface area contributed by atoms with Gasteiger partial charge in [-0.3, -0.25) is 4.79 Å². The summed E-state index contributed by atoms with van der Waals surface area (Å²) in [5.41, 5.74) is 0.986. The molecule has 2 atom stereocenters. The standard InChI is InChI=1S/C35H35ClF2N2O4S/c1-23-18-19-40(22-23)34(41)33(35(37,38)28-12-6-24(7-13-28)25-8-14-29(36)15-9-25)39-45(42,43)32-17-11-26-20-31(16-10-27(26)21-32)44-30-4-2-3-5-30/h6-17,20-21,23,30,33,39H,2-5,18-19,22H2,1H3/t23-,33?/m0/s1. The summed E-state index contributed by atoms with van der Waals surface area (Å²) in [6, 6.07) is 19.9. The smallest absolute Gasteiger partial charge is 0.298 e. The first-order valence-electron chi connectivity index (χ1n) is 15.3. The lowest BCUT2D eigenvalue weighted by Gasteiger charge is -2.30. The number of hydrogen-bond acceptors (Lipinski definition) is 4. The molecule has 236 valence electrons. The van der Waals surface area contributed by atoms with Gasteiger partial charge >= 0.3 is 0 Å². The van der Waals surface area contributed by atoms with Crippen molar-refractivity contribution in [1.29, 1.82) is 0 Å². The van der Waals surface area contributed by atoms with Gasteiger partial charge < -0.3 is 9.64 Å². The van der Waals surface area contributed by atoms with E-state index in [9.17, 15) is 13.2 Å². The van der Waals surface area contributed by atoms with Crippen molar-refractivity contribution >= 4 is 38.3 Å². The van der Waals surface area contributed by atoms with Crippen LogP contribution in [0, 0.1) is 5.92 Å². The third-order valence-electron chi connectivity index (χ3n) is 8.76. The number of nitrogens with zero attached hydrogens (tertiary/aromatic N) is 1. The Balaban J connectivity index is 1.29. The van der Waals surface area contributed by atoms with Gasteiger partial charge in [-0.2, -0.15) is 13.5 Å². The third kappa shape index (κ3) is 6.86. The molecular formula is C35H35ClF2N2O4S. The van der Waals surface area contributed by atoms with E-state index in [2.05, 4.69) is 4.72 Å². The van der Waals surface area contributed by atoms with Crippen LogP contribution in [-0.2, 0) is 20.7 Å². The lowest BCUT2D eigenvalue weighted by Crippen LogP contribution is -2.55. The van der Waals surface area contributed by atoms with Gasteiger partial charge in [0.15, 0.2) is 6.04 Å². The van der Waals surface area contributed by atoms with E-state index in [1.54, 1.807) is 42.5 Å². The van der Waals surface area contributed by atoms with E-state index in [1.807, 2.05) is 13.0 Å². The lowest BCUT2D eigenvalue weighted by atomic mass is 9.97. The van der Waals surface area contributed by atoms with Gasteiger partial charge in [0.1, 0.15) is 5.75 Å². The Morgan fingerprint density at radius 2 is 1.53 bits per heavy atom. The van der Waals surface area contributed by atoms with E-state index in [1.165, 1.54) is 41.3 Å². The molecule has 45 heavy (non-hydrogen) atoms. The molecule has 4 aromatic carbocycles. The number of carbonyl (C=O) groups is 1. The molecule has 1 aliphatic heterocycles. The maximum Gasteiger partial charge on any atom is 0.298 e. The van der Waals surface area contributed by atoms with E-state index in [4.69, 9.17) is 16.3 Å². The van der Waals surface area contributed by atoms with Crippen molar-refractivity contribution in [2.45, 2.75) is 62.0 Å². The van der Waals surface area contributed by atoms with Crippen LogP contribution >= 0.6 is 11.6 Å². The van der Waals surface area contributed by atoms with Gasteiger partial charge in [-0.25, -0.2) is 8.42 Å². The predicted molar refractivity (Wildman–Crippen MR) is 172 cm³/mol. The molecule has 6 nitrogen and oxygen atoms in total. The van der Waals surface area contributed by atoms with Gasteiger partial charge in [-0.15, -0.1) is 0 Å². The van der Waals surface area contributed by atoms with Crippen LogP contribution in [0.15, 0.2) is 89.8 Å². The van der Waals surface area contributed by atoms with Crippen molar-refractivity contribution in [3.8, 4) is 16.9 Å². The Kier molecular flexibility index (Phi) is 8.87. The molecule has 1 saturated heterocycles. The molecule has 4 aromatic rings. The number of hydrogen-bond donors (Lipinski definition) is 1. The molecule has 1 aliphatic carbocycles. The lowest BCUT2D eigenvalue weighted by molar-refractivity contribution is -0.143. The van der Waals surface area contributed by atoms with Crippen molar-refractivity contribution in [3.63, 3.8) is 0 Å². The maximum absolute atomic E-state index is 16.3. The second kappa shape index (κ2) is 12.7. The first-order chi connectivity index (χ1) is 21.5. The van der Waals surface area contributed by atoms with Gasteiger partial charge in [-0.1, -0.05) is 67.1 Å².